The van der Waals surface area contributed by atoms with Crippen molar-refractivity contribution >= 4 is 11.5 Å². The van der Waals surface area contributed by atoms with E-state index in [0.717, 1.165) is 12.8 Å². The molecule has 16 heavy (non-hydrogen) atoms. The standard InChI is InChI=1S/C10H13N3O3/c14-13(15)10-9(2-1-5-11-10)12-8-3-6-16-7-4-8/h1-2,5,8,12H,3-4,6-7H2. The van der Waals surface area contributed by atoms with Crippen LogP contribution in [0.2, 0.25) is 0 Å². The Labute approximate surface area is 92.8 Å². The summed E-state index contributed by atoms with van der Waals surface area (Å²) in [6.45, 7) is 1.40. The highest BCUT2D eigenvalue weighted by molar-refractivity contribution is 5.57. The van der Waals surface area contributed by atoms with Crippen LogP contribution < -0.4 is 5.32 Å². The van der Waals surface area contributed by atoms with Crippen molar-refractivity contribution < 1.29 is 9.66 Å². The Morgan fingerprint density at radius 1 is 1.50 bits per heavy atom. The van der Waals surface area contributed by atoms with E-state index in [1.54, 1.807) is 12.1 Å². The number of pyridine rings is 1. The van der Waals surface area contributed by atoms with Gasteiger partial charge in [-0.2, -0.15) is 0 Å². The van der Waals surface area contributed by atoms with E-state index in [2.05, 4.69) is 10.3 Å². The van der Waals surface area contributed by atoms with Crippen molar-refractivity contribution in [3.05, 3.63) is 28.4 Å². The van der Waals surface area contributed by atoms with Gasteiger partial charge in [0.25, 0.3) is 0 Å². The van der Waals surface area contributed by atoms with E-state index < -0.39 is 4.92 Å². The van der Waals surface area contributed by atoms with Gasteiger partial charge in [-0.15, -0.1) is 0 Å². The predicted molar refractivity (Wildman–Crippen MR) is 58.4 cm³/mol. The molecular formula is C10H13N3O3. The summed E-state index contributed by atoms with van der Waals surface area (Å²) < 4.78 is 5.23. The molecule has 0 unspecified atom stereocenters. The van der Waals surface area contributed by atoms with Gasteiger partial charge in [0.2, 0.25) is 0 Å². The molecule has 1 aliphatic heterocycles. The molecule has 1 aromatic rings. The van der Waals surface area contributed by atoms with Crippen LogP contribution in [0, 0.1) is 10.1 Å². The summed E-state index contributed by atoms with van der Waals surface area (Å²) >= 11 is 0. The van der Waals surface area contributed by atoms with Gasteiger partial charge in [-0.05, 0) is 34.9 Å². The Morgan fingerprint density at radius 2 is 2.25 bits per heavy atom. The van der Waals surface area contributed by atoms with Crippen LogP contribution in [0.4, 0.5) is 11.5 Å². The summed E-state index contributed by atoms with van der Waals surface area (Å²) in [4.78, 5) is 14.0. The summed E-state index contributed by atoms with van der Waals surface area (Å²) in [5.41, 5.74) is 0.486. The Morgan fingerprint density at radius 3 is 2.94 bits per heavy atom. The van der Waals surface area contributed by atoms with Crippen LogP contribution in [0.3, 0.4) is 0 Å². The Bertz CT molecular complexity index is 377. The minimum absolute atomic E-state index is 0.117. The topological polar surface area (TPSA) is 77.3 Å². The van der Waals surface area contributed by atoms with Crippen molar-refractivity contribution in [3.8, 4) is 0 Å². The second kappa shape index (κ2) is 4.89. The molecule has 86 valence electrons. The molecule has 2 rings (SSSR count). The van der Waals surface area contributed by atoms with E-state index in [0.29, 0.717) is 18.9 Å². The molecule has 0 bridgehead atoms. The highest BCUT2D eigenvalue weighted by Crippen LogP contribution is 2.23. The molecule has 0 aliphatic carbocycles. The number of aromatic nitrogens is 1. The molecule has 0 radical (unpaired) electrons. The van der Waals surface area contributed by atoms with Gasteiger partial charge in [0, 0.05) is 19.3 Å². The van der Waals surface area contributed by atoms with Crippen LogP contribution in [0.5, 0.6) is 0 Å². The molecule has 1 N–H and O–H groups in total. The lowest BCUT2D eigenvalue weighted by Gasteiger charge is -2.23. The van der Waals surface area contributed by atoms with Gasteiger partial charge in [-0.25, -0.2) is 0 Å². The Kier molecular flexibility index (Phi) is 3.31. The molecule has 0 saturated carbocycles. The first kappa shape index (κ1) is 10.8. The van der Waals surface area contributed by atoms with Gasteiger partial charge in [0.05, 0.1) is 0 Å². The van der Waals surface area contributed by atoms with Crippen molar-refractivity contribution in [1.29, 1.82) is 0 Å². The maximum Gasteiger partial charge on any atom is 0.386 e. The van der Waals surface area contributed by atoms with Crippen LogP contribution in [0.15, 0.2) is 18.3 Å². The minimum atomic E-state index is -0.471. The molecule has 0 amide bonds. The Hall–Kier alpha value is -1.69. The second-order valence-corrected chi connectivity index (χ2v) is 3.66. The third kappa shape index (κ3) is 2.46. The number of rotatable bonds is 3. The summed E-state index contributed by atoms with van der Waals surface area (Å²) in [6.07, 6.45) is 3.16. The minimum Gasteiger partial charge on any atom is -0.381 e. The molecule has 0 atom stereocenters. The summed E-state index contributed by atoms with van der Waals surface area (Å²) in [6, 6.07) is 3.60. The maximum absolute atomic E-state index is 10.7. The van der Waals surface area contributed by atoms with E-state index in [1.165, 1.54) is 6.20 Å². The van der Waals surface area contributed by atoms with Gasteiger partial charge >= 0.3 is 5.82 Å². The average Bonchev–Trinajstić information content (AvgIpc) is 2.31. The highest BCUT2D eigenvalue weighted by atomic mass is 16.6. The molecule has 1 aromatic heterocycles. The van der Waals surface area contributed by atoms with Gasteiger partial charge < -0.3 is 20.2 Å². The van der Waals surface area contributed by atoms with E-state index >= 15 is 0 Å². The van der Waals surface area contributed by atoms with Gasteiger partial charge in [0.1, 0.15) is 11.9 Å². The number of nitrogens with zero attached hydrogens (tertiary/aromatic N) is 2. The lowest BCUT2D eigenvalue weighted by molar-refractivity contribution is -0.388. The highest BCUT2D eigenvalue weighted by Gasteiger charge is 2.19. The average molecular weight is 223 g/mol. The quantitative estimate of drug-likeness (QED) is 0.621. The van der Waals surface area contributed by atoms with Gasteiger partial charge in [-0.1, -0.05) is 0 Å². The van der Waals surface area contributed by atoms with Crippen molar-refractivity contribution in [2.45, 2.75) is 18.9 Å². The van der Waals surface area contributed by atoms with Crippen molar-refractivity contribution in [2.75, 3.05) is 18.5 Å². The number of anilines is 1. The summed E-state index contributed by atoms with van der Waals surface area (Å²) in [5.74, 6) is -0.117. The first-order chi connectivity index (χ1) is 7.77. The van der Waals surface area contributed by atoms with E-state index in [1.807, 2.05) is 0 Å². The largest absolute Gasteiger partial charge is 0.386 e. The zero-order valence-electron chi connectivity index (χ0n) is 8.76. The SMILES string of the molecule is O=[N+]([O-])c1ncccc1NC1CCOCC1. The summed E-state index contributed by atoms with van der Waals surface area (Å²) in [7, 11) is 0. The van der Waals surface area contributed by atoms with Crippen LogP contribution >= 0.6 is 0 Å². The van der Waals surface area contributed by atoms with Crippen LogP contribution in [0.25, 0.3) is 0 Å². The van der Waals surface area contributed by atoms with E-state index in [4.69, 9.17) is 4.74 Å². The first-order valence-corrected chi connectivity index (χ1v) is 5.21. The molecule has 1 aliphatic rings. The third-order valence-electron chi connectivity index (χ3n) is 2.54. The number of ether oxygens (including phenoxy) is 1. The summed E-state index contributed by atoms with van der Waals surface area (Å²) in [5, 5.41) is 13.9. The fourth-order valence-electron chi connectivity index (χ4n) is 1.72. The number of nitrogens with one attached hydrogen (secondary N) is 1. The zero-order valence-corrected chi connectivity index (χ0v) is 8.76. The van der Waals surface area contributed by atoms with Crippen molar-refractivity contribution in [3.63, 3.8) is 0 Å². The number of hydrogen-bond acceptors (Lipinski definition) is 5. The van der Waals surface area contributed by atoms with Crippen LogP contribution in [-0.4, -0.2) is 29.2 Å². The first-order valence-electron chi connectivity index (χ1n) is 5.21. The van der Waals surface area contributed by atoms with Gasteiger partial charge in [0.15, 0.2) is 0 Å². The van der Waals surface area contributed by atoms with Crippen molar-refractivity contribution in [2.24, 2.45) is 0 Å². The lowest BCUT2D eigenvalue weighted by atomic mass is 10.1. The smallest absolute Gasteiger partial charge is 0.381 e. The molecule has 1 saturated heterocycles. The molecule has 1 fully saturated rings. The number of nitro groups is 1. The molecule has 6 heteroatoms. The molecule has 0 aromatic carbocycles. The third-order valence-corrected chi connectivity index (χ3v) is 2.54. The molecule has 2 heterocycles. The van der Waals surface area contributed by atoms with Crippen LogP contribution in [0.1, 0.15) is 12.8 Å². The predicted octanol–water partition coefficient (Wildman–Crippen LogP) is 1.58. The fourth-order valence-corrected chi connectivity index (χ4v) is 1.72. The van der Waals surface area contributed by atoms with Crippen LogP contribution in [-0.2, 0) is 4.74 Å². The van der Waals surface area contributed by atoms with E-state index in [9.17, 15) is 10.1 Å². The molecule has 6 nitrogen and oxygen atoms in total. The van der Waals surface area contributed by atoms with E-state index in [-0.39, 0.29) is 11.9 Å². The maximum atomic E-state index is 10.7. The second-order valence-electron chi connectivity index (χ2n) is 3.66. The normalized spacial score (nSPS) is 17.0. The van der Waals surface area contributed by atoms with Crippen molar-refractivity contribution in [1.82, 2.24) is 4.98 Å². The zero-order chi connectivity index (χ0) is 11.4. The van der Waals surface area contributed by atoms with Gasteiger partial charge in [-0.3, -0.25) is 0 Å². The number of hydrogen-bond donors (Lipinski definition) is 1. The fraction of sp³-hybridized carbons (Fsp3) is 0.500. The monoisotopic (exact) mass is 223 g/mol. The Balaban J connectivity index is 2.10. The molecule has 0 spiro atoms. The molecular weight excluding hydrogens is 210 g/mol. The lowest BCUT2D eigenvalue weighted by Crippen LogP contribution is -2.28.